The van der Waals surface area contributed by atoms with E-state index >= 15 is 0 Å². The quantitative estimate of drug-likeness (QED) is 0.515. The van der Waals surface area contributed by atoms with Crippen LogP contribution >= 0.6 is 34.7 Å². The molecule has 0 unspecified atom stereocenters. The number of primary amides is 1. The molecule has 27 heavy (non-hydrogen) atoms. The summed E-state index contributed by atoms with van der Waals surface area (Å²) in [6, 6.07) is 7.04. The van der Waals surface area contributed by atoms with E-state index in [-0.39, 0.29) is 11.3 Å². The smallest absolute Gasteiger partial charge is 0.267 e. The molecule has 4 rings (SSSR count). The fourth-order valence-corrected chi connectivity index (χ4v) is 5.72. The van der Waals surface area contributed by atoms with Crippen molar-refractivity contribution in [1.29, 1.82) is 0 Å². The fourth-order valence-electron chi connectivity index (χ4n) is 3.42. The Hall–Kier alpha value is -1.83. The summed E-state index contributed by atoms with van der Waals surface area (Å²) in [5.74, 6) is 0.234. The highest BCUT2D eigenvalue weighted by atomic mass is 35.5. The molecule has 5 nitrogen and oxygen atoms in total. The SMILES string of the molecule is C[C@@H]1CCc2c(sc3nc(SCC(N)=O)n(-c4ccc(Cl)cc4)c(=O)c23)C1. The molecule has 0 saturated carbocycles. The van der Waals surface area contributed by atoms with Crippen molar-refractivity contribution in [3.63, 3.8) is 0 Å². The first-order valence-corrected chi connectivity index (χ1v) is 10.9. The third-order valence-corrected chi connectivity index (χ3v) is 7.09. The summed E-state index contributed by atoms with van der Waals surface area (Å²) >= 11 is 8.78. The topological polar surface area (TPSA) is 78.0 Å². The molecular weight excluding hydrogens is 402 g/mol. The zero-order valence-electron chi connectivity index (χ0n) is 14.7. The van der Waals surface area contributed by atoms with Crippen LogP contribution in [0.4, 0.5) is 0 Å². The van der Waals surface area contributed by atoms with Crippen LogP contribution in [-0.2, 0) is 17.6 Å². The van der Waals surface area contributed by atoms with E-state index in [0.717, 1.165) is 29.7 Å². The number of halogens is 1. The number of benzene rings is 1. The zero-order valence-corrected chi connectivity index (χ0v) is 17.1. The monoisotopic (exact) mass is 419 g/mol. The summed E-state index contributed by atoms with van der Waals surface area (Å²) in [6.07, 6.45) is 2.97. The second-order valence-corrected chi connectivity index (χ2v) is 9.26. The van der Waals surface area contributed by atoms with E-state index in [1.165, 1.54) is 16.6 Å². The minimum Gasteiger partial charge on any atom is -0.369 e. The van der Waals surface area contributed by atoms with Crippen LogP contribution in [0.15, 0.2) is 34.2 Å². The number of nitrogens with two attached hydrogens (primary N) is 1. The molecule has 140 valence electrons. The van der Waals surface area contributed by atoms with Crippen LogP contribution in [0.5, 0.6) is 0 Å². The van der Waals surface area contributed by atoms with Gasteiger partial charge in [0, 0.05) is 9.90 Å². The first-order chi connectivity index (χ1) is 12.9. The van der Waals surface area contributed by atoms with Crippen LogP contribution in [0.3, 0.4) is 0 Å². The van der Waals surface area contributed by atoms with E-state index in [1.807, 2.05) is 0 Å². The minimum atomic E-state index is -0.448. The number of nitrogens with zero attached hydrogens (tertiary/aromatic N) is 2. The highest BCUT2D eigenvalue weighted by Crippen LogP contribution is 2.37. The van der Waals surface area contributed by atoms with Gasteiger partial charge < -0.3 is 5.73 Å². The van der Waals surface area contributed by atoms with Crippen LogP contribution in [0.25, 0.3) is 15.9 Å². The third kappa shape index (κ3) is 3.51. The molecule has 0 radical (unpaired) electrons. The van der Waals surface area contributed by atoms with Crippen molar-refractivity contribution < 1.29 is 4.79 Å². The van der Waals surface area contributed by atoms with Crippen LogP contribution in [0.2, 0.25) is 5.02 Å². The second kappa shape index (κ2) is 7.30. The van der Waals surface area contributed by atoms with Gasteiger partial charge in [-0.2, -0.15) is 0 Å². The Kier molecular flexibility index (Phi) is 5.01. The lowest BCUT2D eigenvalue weighted by Gasteiger charge is -2.17. The number of thiophene rings is 1. The molecule has 1 aliphatic rings. The largest absolute Gasteiger partial charge is 0.369 e. The van der Waals surface area contributed by atoms with Gasteiger partial charge in [-0.3, -0.25) is 14.2 Å². The molecule has 3 aromatic rings. The number of rotatable bonds is 4. The van der Waals surface area contributed by atoms with Gasteiger partial charge in [-0.15, -0.1) is 11.3 Å². The van der Waals surface area contributed by atoms with E-state index in [0.29, 0.717) is 27.2 Å². The van der Waals surface area contributed by atoms with Crippen molar-refractivity contribution in [3.05, 3.63) is 50.1 Å². The Morgan fingerprint density at radius 2 is 2.15 bits per heavy atom. The summed E-state index contributed by atoms with van der Waals surface area (Å²) in [4.78, 5) is 31.5. The van der Waals surface area contributed by atoms with Crippen molar-refractivity contribution >= 4 is 50.8 Å². The molecule has 1 amide bonds. The van der Waals surface area contributed by atoms with Gasteiger partial charge in [-0.05, 0) is 55.0 Å². The normalized spacial score (nSPS) is 16.4. The lowest BCUT2D eigenvalue weighted by molar-refractivity contribution is -0.115. The summed E-state index contributed by atoms with van der Waals surface area (Å²) in [6.45, 7) is 2.24. The Morgan fingerprint density at radius 1 is 1.41 bits per heavy atom. The molecule has 1 aliphatic carbocycles. The molecule has 2 heterocycles. The number of hydrogen-bond acceptors (Lipinski definition) is 5. The second-order valence-electron chi connectivity index (χ2n) is 6.80. The van der Waals surface area contributed by atoms with Gasteiger partial charge in [0.1, 0.15) is 4.83 Å². The van der Waals surface area contributed by atoms with Crippen molar-refractivity contribution in [1.82, 2.24) is 9.55 Å². The molecule has 1 aromatic carbocycles. The number of amides is 1. The van der Waals surface area contributed by atoms with Gasteiger partial charge in [-0.25, -0.2) is 4.98 Å². The summed E-state index contributed by atoms with van der Waals surface area (Å²) < 4.78 is 1.57. The van der Waals surface area contributed by atoms with Gasteiger partial charge in [0.2, 0.25) is 5.91 Å². The lowest BCUT2D eigenvalue weighted by atomic mass is 9.89. The zero-order chi connectivity index (χ0) is 19.1. The predicted molar refractivity (Wildman–Crippen MR) is 111 cm³/mol. The molecule has 0 spiro atoms. The standard InChI is InChI=1S/C19H18ClN3O2S2/c1-10-2-7-13-14(8-10)27-17-16(13)18(25)23(12-5-3-11(20)4-6-12)19(22-17)26-9-15(21)24/h3-6,10H,2,7-9H2,1H3,(H2,21,24)/t10-/m1/s1. The average molecular weight is 420 g/mol. The number of hydrogen-bond donors (Lipinski definition) is 1. The minimum absolute atomic E-state index is 0.0632. The van der Waals surface area contributed by atoms with Gasteiger partial charge >= 0.3 is 0 Å². The Morgan fingerprint density at radius 3 is 2.85 bits per heavy atom. The number of aryl methyl sites for hydroxylation is 1. The Bertz CT molecular complexity index is 1090. The molecule has 1 atom stereocenters. The van der Waals surface area contributed by atoms with Crippen LogP contribution in [-0.4, -0.2) is 21.2 Å². The van der Waals surface area contributed by atoms with E-state index in [1.54, 1.807) is 40.2 Å². The van der Waals surface area contributed by atoms with Crippen molar-refractivity contribution in [2.45, 2.75) is 31.3 Å². The number of carbonyl (C=O) groups is 1. The van der Waals surface area contributed by atoms with Crippen LogP contribution in [0.1, 0.15) is 23.8 Å². The third-order valence-electron chi connectivity index (χ3n) is 4.73. The maximum atomic E-state index is 13.5. The highest BCUT2D eigenvalue weighted by molar-refractivity contribution is 7.99. The average Bonchev–Trinajstić information content (AvgIpc) is 2.98. The number of aromatic nitrogens is 2. The van der Waals surface area contributed by atoms with Gasteiger partial charge in [-0.1, -0.05) is 30.3 Å². The number of fused-ring (bicyclic) bond motifs is 3. The maximum Gasteiger partial charge on any atom is 0.267 e. The van der Waals surface area contributed by atoms with Crippen molar-refractivity contribution in [2.75, 3.05) is 5.75 Å². The van der Waals surface area contributed by atoms with Gasteiger partial charge in [0.15, 0.2) is 5.16 Å². The summed E-state index contributed by atoms with van der Waals surface area (Å²) in [5.41, 5.74) is 7.02. The molecule has 0 saturated heterocycles. The number of carbonyl (C=O) groups excluding carboxylic acids is 1. The molecule has 0 aliphatic heterocycles. The van der Waals surface area contributed by atoms with Crippen molar-refractivity contribution in [3.8, 4) is 5.69 Å². The van der Waals surface area contributed by atoms with Crippen LogP contribution < -0.4 is 11.3 Å². The van der Waals surface area contributed by atoms with Gasteiger partial charge in [0.25, 0.3) is 5.56 Å². The van der Waals surface area contributed by atoms with E-state index in [9.17, 15) is 9.59 Å². The molecule has 2 N–H and O–H groups in total. The number of thioether (sulfide) groups is 1. The predicted octanol–water partition coefficient (Wildman–Crippen LogP) is 3.80. The Labute approximate surface area is 169 Å². The first kappa shape index (κ1) is 18.5. The van der Waals surface area contributed by atoms with E-state index in [2.05, 4.69) is 6.92 Å². The maximum absolute atomic E-state index is 13.5. The first-order valence-electron chi connectivity index (χ1n) is 8.68. The summed E-state index contributed by atoms with van der Waals surface area (Å²) in [5, 5.41) is 1.77. The molecular formula is C19H18ClN3O2S2. The molecule has 8 heteroatoms. The highest BCUT2D eigenvalue weighted by Gasteiger charge is 2.25. The Balaban J connectivity index is 1.96. The lowest BCUT2D eigenvalue weighted by Crippen LogP contribution is -2.23. The van der Waals surface area contributed by atoms with E-state index < -0.39 is 5.91 Å². The van der Waals surface area contributed by atoms with E-state index in [4.69, 9.17) is 22.3 Å². The fraction of sp³-hybridized carbons (Fsp3) is 0.316. The summed E-state index contributed by atoms with van der Waals surface area (Å²) in [7, 11) is 0. The van der Waals surface area contributed by atoms with Crippen LogP contribution in [0, 0.1) is 5.92 Å². The molecule has 0 fully saturated rings. The van der Waals surface area contributed by atoms with Gasteiger partial charge in [0.05, 0.1) is 16.8 Å². The van der Waals surface area contributed by atoms with Crippen molar-refractivity contribution in [2.24, 2.45) is 11.7 Å². The molecule has 2 aromatic heterocycles. The molecule has 0 bridgehead atoms.